The molecule has 0 saturated carbocycles. The Hall–Kier alpha value is -1.75. The molecule has 1 aliphatic rings. The molecule has 1 heterocycles. The van der Waals surface area contributed by atoms with Gasteiger partial charge < -0.3 is 21.1 Å². The van der Waals surface area contributed by atoms with Crippen molar-refractivity contribution in [3.63, 3.8) is 0 Å². The summed E-state index contributed by atoms with van der Waals surface area (Å²) in [5.74, 6) is 0. The van der Waals surface area contributed by atoms with E-state index in [2.05, 4.69) is 10.6 Å². The van der Waals surface area contributed by atoms with Crippen LogP contribution in [0.2, 0.25) is 0 Å². The molecule has 1 aliphatic heterocycles. The molecule has 1 atom stereocenters. The maximum Gasteiger partial charge on any atom is 0.316 e. The number of primary amides is 1. The molecule has 92 valence electrons. The molecule has 5 heteroatoms. The summed E-state index contributed by atoms with van der Waals surface area (Å²) in [4.78, 5) is 10.7. The number of nitrogens with one attached hydrogen (secondary N) is 2. The van der Waals surface area contributed by atoms with Gasteiger partial charge in [-0.15, -0.1) is 0 Å². The summed E-state index contributed by atoms with van der Waals surface area (Å²) in [6, 6.07) is 6.90. The fraction of sp³-hybridized carbons (Fsp3) is 0.417. The van der Waals surface area contributed by atoms with E-state index in [0.717, 1.165) is 31.7 Å². The van der Waals surface area contributed by atoms with Gasteiger partial charge >= 0.3 is 6.03 Å². The van der Waals surface area contributed by atoms with Gasteiger partial charge in [-0.3, -0.25) is 0 Å². The van der Waals surface area contributed by atoms with Crippen LogP contribution in [-0.4, -0.2) is 25.3 Å². The molecule has 4 N–H and O–H groups in total. The zero-order valence-electron chi connectivity index (χ0n) is 9.61. The summed E-state index contributed by atoms with van der Waals surface area (Å²) in [5.41, 5.74) is 6.70. The molecule has 0 radical (unpaired) electrons. The second-order valence-electron chi connectivity index (χ2n) is 4.09. The molecule has 0 spiro atoms. The zero-order chi connectivity index (χ0) is 12.1. The Bertz CT molecular complexity index is 389. The minimum Gasteiger partial charge on any atom is -0.382 e. The van der Waals surface area contributed by atoms with Gasteiger partial charge in [-0.25, -0.2) is 4.79 Å². The third kappa shape index (κ3) is 3.64. The first-order valence-corrected chi connectivity index (χ1v) is 5.76. The van der Waals surface area contributed by atoms with Crippen molar-refractivity contribution in [3.05, 3.63) is 24.3 Å². The molecule has 1 saturated heterocycles. The predicted molar refractivity (Wildman–Crippen MR) is 67.1 cm³/mol. The molecule has 0 aliphatic carbocycles. The Balaban J connectivity index is 1.88. The first-order valence-electron chi connectivity index (χ1n) is 5.76. The Labute approximate surface area is 100 Å². The average Bonchev–Trinajstić information content (AvgIpc) is 2.79. The Morgan fingerprint density at radius 3 is 3.00 bits per heavy atom. The minimum absolute atomic E-state index is 0.294. The van der Waals surface area contributed by atoms with Crippen molar-refractivity contribution < 1.29 is 9.53 Å². The molecular weight excluding hydrogens is 218 g/mol. The second-order valence-corrected chi connectivity index (χ2v) is 4.09. The molecule has 1 aromatic rings. The highest BCUT2D eigenvalue weighted by molar-refractivity contribution is 5.88. The molecule has 0 aromatic heterocycles. The number of carbonyl (C=O) groups excluding carboxylic acids is 1. The van der Waals surface area contributed by atoms with E-state index in [0.29, 0.717) is 11.8 Å². The normalized spacial score (nSPS) is 18.9. The largest absolute Gasteiger partial charge is 0.382 e. The van der Waals surface area contributed by atoms with Gasteiger partial charge in [0.25, 0.3) is 0 Å². The number of benzene rings is 1. The number of ether oxygens (including phenoxy) is 1. The second kappa shape index (κ2) is 5.54. The highest BCUT2D eigenvalue weighted by Gasteiger charge is 2.14. The van der Waals surface area contributed by atoms with Gasteiger partial charge in [0.1, 0.15) is 0 Å². The Kier molecular flexibility index (Phi) is 3.82. The van der Waals surface area contributed by atoms with Gasteiger partial charge in [0.05, 0.1) is 6.10 Å². The van der Waals surface area contributed by atoms with Crippen LogP contribution in [0, 0.1) is 0 Å². The van der Waals surface area contributed by atoms with Crippen molar-refractivity contribution >= 4 is 17.4 Å². The van der Waals surface area contributed by atoms with Crippen LogP contribution in [0.3, 0.4) is 0 Å². The topological polar surface area (TPSA) is 76.4 Å². The molecule has 1 unspecified atom stereocenters. The number of nitrogens with two attached hydrogens (primary N) is 1. The zero-order valence-corrected chi connectivity index (χ0v) is 9.61. The smallest absolute Gasteiger partial charge is 0.316 e. The lowest BCUT2D eigenvalue weighted by Gasteiger charge is -2.12. The molecule has 17 heavy (non-hydrogen) atoms. The summed E-state index contributed by atoms with van der Waals surface area (Å²) >= 11 is 0. The fourth-order valence-electron chi connectivity index (χ4n) is 1.89. The summed E-state index contributed by atoms with van der Waals surface area (Å²) in [6.45, 7) is 1.65. The minimum atomic E-state index is -0.554. The summed E-state index contributed by atoms with van der Waals surface area (Å²) in [5, 5.41) is 5.82. The quantitative estimate of drug-likeness (QED) is 0.744. The summed E-state index contributed by atoms with van der Waals surface area (Å²) in [7, 11) is 0. The van der Waals surface area contributed by atoms with E-state index in [-0.39, 0.29) is 0 Å². The van der Waals surface area contributed by atoms with E-state index < -0.39 is 6.03 Å². The summed E-state index contributed by atoms with van der Waals surface area (Å²) < 4.78 is 5.52. The number of carbonyl (C=O) groups is 1. The van der Waals surface area contributed by atoms with E-state index in [1.54, 1.807) is 6.07 Å². The van der Waals surface area contributed by atoms with Crippen LogP contribution in [-0.2, 0) is 4.74 Å². The number of hydrogen-bond acceptors (Lipinski definition) is 3. The van der Waals surface area contributed by atoms with Crippen molar-refractivity contribution in [2.24, 2.45) is 5.73 Å². The number of amides is 2. The molecule has 1 aromatic carbocycles. The highest BCUT2D eigenvalue weighted by atomic mass is 16.5. The maximum atomic E-state index is 10.7. The lowest BCUT2D eigenvalue weighted by molar-refractivity contribution is 0.120. The van der Waals surface area contributed by atoms with E-state index >= 15 is 0 Å². The lowest BCUT2D eigenvalue weighted by atomic mass is 10.2. The van der Waals surface area contributed by atoms with Gasteiger partial charge in [-0.05, 0) is 31.0 Å². The number of hydrogen-bond donors (Lipinski definition) is 3. The van der Waals surface area contributed by atoms with E-state index in [4.69, 9.17) is 10.5 Å². The molecule has 2 rings (SSSR count). The van der Waals surface area contributed by atoms with Crippen LogP contribution >= 0.6 is 0 Å². The van der Waals surface area contributed by atoms with Crippen molar-refractivity contribution in [2.75, 3.05) is 23.8 Å². The van der Waals surface area contributed by atoms with Crippen LogP contribution in [0.25, 0.3) is 0 Å². The van der Waals surface area contributed by atoms with E-state index in [9.17, 15) is 4.79 Å². The van der Waals surface area contributed by atoms with Crippen LogP contribution in [0.5, 0.6) is 0 Å². The fourth-order valence-corrected chi connectivity index (χ4v) is 1.89. The standard InChI is InChI=1S/C12H17N3O2/c13-12(16)15-10-4-1-3-9(7-10)14-8-11-5-2-6-17-11/h1,3-4,7,11,14H,2,5-6,8H2,(H3,13,15,16). The van der Waals surface area contributed by atoms with Gasteiger partial charge in [0.2, 0.25) is 0 Å². The maximum absolute atomic E-state index is 10.7. The predicted octanol–water partition coefficient (Wildman–Crippen LogP) is 1.77. The lowest BCUT2D eigenvalue weighted by Crippen LogP contribution is -2.20. The van der Waals surface area contributed by atoms with Gasteiger partial charge in [-0.2, -0.15) is 0 Å². The van der Waals surface area contributed by atoms with E-state index in [1.165, 1.54) is 0 Å². The van der Waals surface area contributed by atoms with Crippen LogP contribution in [0.4, 0.5) is 16.2 Å². The molecule has 0 bridgehead atoms. The number of rotatable bonds is 4. The summed E-state index contributed by atoms with van der Waals surface area (Å²) in [6.07, 6.45) is 2.53. The molecular formula is C12H17N3O2. The Morgan fingerprint density at radius 2 is 2.29 bits per heavy atom. The van der Waals surface area contributed by atoms with Crippen LogP contribution in [0.15, 0.2) is 24.3 Å². The van der Waals surface area contributed by atoms with E-state index in [1.807, 2.05) is 18.2 Å². The van der Waals surface area contributed by atoms with Crippen LogP contribution in [0.1, 0.15) is 12.8 Å². The third-order valence-corrected chi connectivity index (χ3v) is 2.69. The van der Waals surface area contributed by atoms with Crippen LogP contribution < -0.4 is 16.4 Å². The Morgan fingerprint density at radius 1 is 1.47 bits per heavy atom. The van der Waals surface area contributed by atoms with Gasteiger partial charge in [0.15, 0.2) is 0 Å². The molecule has 2 amide bonds. The first kappa shape index (κ1) is 11.7. The third-order valence-electron chi connectivity index (χ3n) is 2.69. The van der Waals surface area contributed by atoms with Gasteiger partial charge in [-0.1, -0.05) is 6.07 Å². The monoisotopic (exact) mass is 235 g/mol. The number of anilines is 2. The van der Waals surface area contributed by atoms with Gasteiger partial charge in [0, 0.05) is 24.5 Å². The number of urea groups is 1. The molecule has 5 nitrogen and oxygen atoms in total. The van der Waals surface area contributed by atoms with Crippen molar-refractivity contribution in [2.45, 2.75) is 18.9 Å². The van der Waals surface area contributed by atoms with Crippen molar-refractivity contribution in [1.29, 1.82) is 0 Å². The van der Waals surface area contributed by atoms with Crippen molar-refractivity contribution in [1.82, 2.24) is 0 Å². The van der Waals surface area contributed by atoms with Crippen molar-refractivity contribution in [3.8, 4) is 0 Å². The molecule has 1 fully saturated rings. The SMILES string of the molecule is NC(=O)Nc1cccc(NCC2CCCO2)c1. The average molecular weight is 235 g/mol. The highest BCUT2D eigenvalue weighted by Crippen LogP contribution is 2.17. The first-order chi connectivity index (χ1) is 8.24.